The van der Waals surface area contributed by atoms with E-state index in [1.54, 1.807) is 6.20 Å². The van der Waals surface area contributed by atoms with E-state index in [1.807, 2.05) is 13.8 Å². The van der Waals surface area contributed by atoms with Gasteiger partial charge in [-0.15, -0.1) is 0 Å². The van der Waals surface area contributed by atoms with Crippen molar-refractivity contribution in [2.75, 3.05) is 6.54 Å². The van der Waals surface area contributed by atoms with Gasteiger partial charge >= 0.3 is 0 Å². The summed E-state index contributed by atoms with van der Waals surface area (Å²) in [5.74, 6) is 0. The van der Waals surface area contributed by atoms with Gasteiger partial charge in [-0.1, -0.05) is 27.2 Å². The lowest BCUT2D eigenvalue weighted by Crippen LogP contribution is -2.42. The van der Waals surface area contributed by atoms with E-state index in [0.717, 1.165) is 19.3 Å². The summed E-state index contributed by atoms with van der Waals surface area (Å²) in [5, 5.41) is 9.90. The summed E-state index contributed by atoms with van der Waals surface area (Å²) in [6, 6.07) is 0.293. The molecule has 2 rings (SSSR count). The van der Waals surface area contributed by atoms with E-state index in [-0.39, 0.29) is 10.4 Å². The Bertz CT molecular complexity index is 556. The molecule has 1 heterocycles. The minimum atomic E-state index is -3.52. The van der Waals surface area contributed by atoms with Crippen molar-refractivity contribution in [3.63, 3.8) is 0 Å². The van der Waals surface area contributed by atoms with Gasteiger partial charge < -0.3 is 5.32 Å². The summed E-state index contributed by atoms with van der Waals surface area (Å²) in [7, 11) is -3.52. The Balaban J connectivity index is 2.04. The Morgan fingerprint density at radius 3 is 2.67 bits per heavy atom. The second-order valence-corrected chi connectivity index (χ2v) is 8.00. The van der Waals surface area contributed by atoms with Gasteiger partial charge in [-0.3, -0.25) is 5.10 Å². The average Bonchev–Trinajstić information content (AvgIpc) is 2.84. The molecular weight excluding hydrogens is 288 g/mol. The molecule has 21 heavy (non-hydrogen) atoms. The molecule has 1 saturated carbocycles. The molecule has 1 aromatic rings. The van der Waals surface area contributed by atoms with Gasteiger partial charge in [-0.25, -0.2) is 13.1 Å². The predicted molar refractivity (Wildman–Crippen MR) is 82.3 cm³/mol. The normalized spacial score (nSPS) is 17.9. The molecule has 0 unspecified atom stereocenters. The third-order valence-electron chi connectivity index (χ3n) is 4.45. The van der Waals surface area contributed by atoms with Crippen molar-refractivity contribution in [2.45, 2.75) is 64.1 Å². The first-order valence-corrected chi connectivity index (χ1v) is 9.12. The maximum atomic E-state index is 12.5. The first-order chi connectivity index (χ1) is 9.88. The zero-order valence-electron chi connectivity index (χ0n) is 13.1. The van der Waals surface area contributed by atoms with Crippen molar-refractivity contribution in [1.29, 1.82) is 0 Å². The van der Waals surface area contributed by atoms with Crippen LogP contribution in [0.5, 0.6) is 0 Å². The Morgan fingerprint density at radius 2 is 2.14 bits per heavy atom. The second kappa shape index (κ2) is 6.46. The summed E-state index contributed by atoms with van der Waals surface area (Å²) < 4.78 is 27.7. The van der Waals surface area contributed by atoms with Crippen LogP contribution in [0.4, 0.5) is 0 Å². The Kier molecular flexibility index (Phi) is 5.06. The first-order valence-electron chi connectivity index (χ1n) is 7.64. The molecule has 0 atom stereocenters. The van der Waals surface area contributed by atoms with Crippen molar-refractivity contribution in [1.82, 2.24) is 20.2 Å². The molecule has 1 aliphatic carbocycles. The zero-order chi connectivity index (χ0) is 15.5. The van der Waals surface area contributed by atoms with Crippen LogP contribution in [0.1, 0.15) is 52.0 Å². The molecular formula is C14H26N4O2S. The summed E-state index contributed by atoms with van der Waals surface area (Å²) in [6.07, 6.45) is 6.00. The zero-order valence-corrected chi connectivity index (χ0v) is 13.9. The predicted octanol–water partition coefficient (Wildman–Crippen LogP) is 1.77. The molecule has 0 radical (unpaired) electrons. The Labute approximate surface area is 127 Å². The molecule has 0 saturated heterocycles. The van der Waals surface area contributed by atoms with Crippen molar-refractivity contribution >= 4 is 10.0 Å². The van der Waals surface area contributed by atoms with Crippen molar-refractivity contribution in [3.05, 3.63) is 11.8 Å². The molecule has 1 aromatic heterocycles. The molecule has 0 spiro atoms. The molecule has 1 fully saturated rings. The van der Waals surface area contributed by atoms with Gasteiger partial charge in [0.05, 0.1) is 6.20 Å². The van der Waals surface area contributed by atoms with Gasteiger partial charge in [0.25, 0.3) is 10.0 Å². The van der Waals surface area contributed by atoms with Crippen LogP contribution in [0.25, 0.3) is 0 Å². The topological polar surface area (TPSA) is 86.9 Å². The lowest BCUT2D eigenvalue weighted by Gasteiger charge is -2.41. The van der Waals surface area contributed by atoms with E-state index in [4.69, 9.17) is 0 Å². The van der Waals surface area contributed by atoms with Crippen LogP contribution in [0.2, 0.25) is 0 Å². The number of rotatable bonds is 8. The fourth-order valence-electron chi connectivity index (χ4n) is 2.62. The number of sulfonamides is 1. The number of aromatic amines is 1. The van der Waals surface area contributed by atoms with Crippen LogP contribution in [-0.2, 0) is 16.6 Å². The van der Waals surface area contributed by atoms with E-state index < -0.39 is 10.0 Å². The molecule has 3 N–H and O–H groups in total. The van der Waals surface area contributed by atoms with E-state index in [0.29, 0.717) is 24.7 Å². The lowest BCUT2D eigenvalue weighted by atomic mass is 9.67. The van der Waals surface area contributed by atoms with Crippen molar-refractivity contribution in [3.8, 4) is 0 Å². The van der Waals surface area contributed by atoms with Crippen LogP contribution in [-0.4, -0.2) is 31.2 Å². The SMILES string of the molecule is CCC1(CNS(=O)(=O)c2[nH]ncc2CNC(C)C)CCC1. The van der Waals surface area contributed by atoms with Gasteiger partial charge in [0, 0.05) is 24.7 Å². The Morgan fingerprint density at radius 1 is 1.43 bits per heavy atom. The van der Waals surface area contributed by atoms with Gasteiger partial charge in [0.2, 0.25) is 0 Å². The highest BCUT2D eigenvalue weighted by Gasteiger charge is 2.36. The van der Waals surface area contributed by atoms with Crippen LogP contribution < -0.4 is 10.0 Å². The van der Waals surface area contributed by atoms with Gasteiger partial charge in [-0.05, 0) is 24.7 Å². The molecule has 1 aliphatic rings. The highest BCUT2D eigenvalue weighted by molar-refractivity contribution is 7.89. The quantitative estimate of drug-likeness (QED) is 0.682. The lowest BCUT2D eigenvalue weighted by molar-refractivity contribution is 0.133. The first kappa shape index (κ1) is 16.5. The van der Waals surface area contributed by atoms with Crippen molar-refractivity contribution < 1.29 is 8.42 Å². The highest BCUT2D eigenvalue weighted by Crippen LogP contribution is 2.43. The average molecular weight is 314 g/mol. The molecule has 0 aromatic carbocycles. The molecule has 6 nitrogen and oxygen atoms in total. The second-order valence-electron chi connectivity index (χ2n) is 6.29. The van der Waals surface area contributed by atoms with Crippen LogP contribution in [0.3, 0.4) is 0 Å². The number of hydrogen-bond donors (Lipinski definition) is 3. The van der Waals surface area contributed by atoms with Crippen LogP contribution in [0.15, 0.2) is 11.2 Å². The number of H-pyrrole nitrogens is 1. The van der Waals surface area contributed by atoms with E-state index in [2.05, 4.69) is 27.2 Å². The Hall–Kier alpha value is -0.920. The molecule has 0 bridgehead atoms. The third kappa shape index (κ3) is 3.84. The molecule has 120 valence electrons. The molecule has 0 amide bonds. The van der Waals surface area contributed by atoms with Gasteiger partial charge in [0.1, 0.15) is 0 Å². The van der Waals surface area contributed by atoms with E-state index in [9.17, 15) is 8.42 Å². The minimum Gasteiger partial charge on any atom is -0.310 e. The van der Waals surface area contributed by atoms with E-state index >= 15 is 0 Å². The van der Waals surface area contributed by atoms with Crippen molar-refractivity contribution in [2.24, 2.45) is 5.41 Å². The standard InChI is InChI=1S/C14H26N4O2S/c1-4-14(6-5-7-14)10-17-21(19,20)13-12(9-16-18-13)8-15-11(2)3/h9,11,15,17H,4-8,10H2,1-3H3,(H,16,18). The van der Waals surface area contributed by atoms with E-state index in [1.165, 1.54) is 6.42 Å². The fraction of sp³-hybridized carbons (Fsp3) is 0.786. The number of nitrogens with zero attached hydrogens (tertiary/aromatic N) is 1. The third-order valence-corrected chi connectivity index (χ3v) is 5.86. The number of aromatic nitrogens is 2. The number of nitrogens with one attached hydrogen (secondary N) is 3. The summed E-state index contributed by atoms with van der Waals surface area (Å²) in [5.41, 5.74) is 0.832. The largest absolute Gasteiger partial charge is 0.310 e. The number of hydrogen-bond acceptors (Lipinski definition) is 4. The fourth-order valence-corrected chi connectivity index (χ4v) is 3.91. The highest BCUT2D eigenvalue weighted by atomic mass is 32.2. The molecule has 7 heteroatoms. The maximum absolute atomic E-state index is 12.5. The summed E-state index contributed by atoms with van der Waals surface area (Å²) in [6.45, 7) is 7.18. The van der Waals surface area contributed by atoms with Crippen LogP contribution in [0, 0.1) is 5.41 Å². The summed E-state index contributed by atoms with van der Waals surface area (Å²) >= 11 is 0. The smallest absolute Gasteiger partial charge is 0.257 e. The van der Waals surface area contributed by atoms with Gasteiger partial charge in [0.15, 0.2) is 5.03 Å². The van der Waals surface area contributed by atoms with Crippen LogP contribution >= 0.6 is 0 Å². The maximum Gasteiger partial charge on any atom is 0.257 e. The minimum absolute atomic E-state index is 0.156. The van der Waals surface area contributed by atoms with Gasteiger partial charge in [-0.2, -0.15) is 5.10 Å². The molecule has 0 aliphatic heterocycles. The summed E-state index contributed by atoms with van der Waals surface area (Å²) in [4.78, 5) is 0. The monoisotopic (exact) mass is 314 g/mol.